The molecule has 0 saturated heterocycles. The van der Waals surface area contributed by atoms with Crippen molar-refractivity contribution in [1.82, 2.24) is 5.43 Å². The van der Waals surface area contributed by atoms with Crippen molar-refractivity contribution in [3.63, 3.8) is 0 Å². The van der Waals surface area contributed by atoms with E-state index in [0.717, 1.165) is 5.56 Å². The Labute approximate surface area is 108 Å². The van der Waals surface area contributed by atoms with Gasteiger partial charge in [-0.2, -0.15) is 0 Å². The van der Waals surface area contributed by atoms with Crippen molar-refractivity contribution < 1.29 is 9.53 Å². The minimum atomic E-state index is -0.616. The lowest BCUT2D eigenvalue weighted by Gasteiger charge is -2.21. The average molecular weight is 248 g/mol. The molecule has 4 nitrogen and oxygen atoms in total. The van der Waals surface area contributed by atoms with E-state index in [1.165, 1.54) is 0 Å². The number of carbonyl (C=O) groups is 1. The monoisotopic (exact) mass is 248 g/mol. The standard InChI is InChI=1S/C14H20N2O2/c1-14(2,13(17)16-15)11-18-10-6-9-12-7-4-3-5-8-12/h3-9H,10-11,15H2,1-2H3,(H,16,17). The Morgan fingerprint density at radius 3 is 2.67 bits per heavy atom. The molecule has 0 atom stereocenters. The number of hydrogen-bond donors (Lipinski definition) is 2. The van der Waals surface area contributed by atoms with Gasteiger partial charge >= 0.3 is 0 Å². The van der Waals surface area contributed by atoms with Crippen LogP contribution in [0.1, 0.15) is 19.4 Å². The smallest absolute Gasteiger partial charge is 0.241 e. The second-order valence-corrected chi connectivity index (χ2v) is 4.69. The van der Waals surface area contributed by atoms with Crippen LogP contribution in [0.15, 0.2) is 36.4 Å². The van der Waals surface area contributed by atoms with Gasteiger partial charge in [0.2, 0.25) is 5.91 Å². The molecule has 3 N–H and O–H groups in total. The second kappa shape index (κ2) is 6.93. The highest BCUT2D eigenvalue weighted by atomic mass is 16.5. The van der Waals surface area contributed by atoms with Crippen LogP contribution in [-0.2, 0) is 9.53 Å². The third-order valence-electron chi connectivity index (χ3n) is 2.53. The molecule has 0 radical (unpaired) electrons. The molecule has 0 aromatic heterocycles. The highest BCUT2D eigenvalue weighted by molar-refractivity contribution is 5.81. The van der Waals surface area contributed by atoms with Crippen molar-refractivity contribution in [2.24, 2.45) is 11.3 Å². The Kier molecular flexibility index (Phi) is 5.55. The van der Waals surface area contributed by atoms with Crippen LogP contribution < -0.4 is 11.3 Å². The maximum Gasteiger partial charge on any atom is 0.241 e. The van der Waals surface area contributed by atoms with E-state index >= 15 is 0 Å². The summed E-state index contributed by atoms with van der Waals surface area (Å²) in [6, 6.07) is 9.97. The molecule has 0 spiro atoms. The molecule has 0 bridgehead atoms. The lowest BCUT2D eigenvalue weighted by Crippen LogP contribution is -2.43. The predicted molar refractivity (Wildman–Crippen MR) is 72.4 cm³/mol. The van der Waals surface area contributed by atoms with Crippen LogP contribution in [0.2, 0.25) is 0 Å². The normalized spacial score (nSPS) is 11.7. The van der Waals surface area contributed by atoms with Gasteiger partial charge in [-0.1, -0.05) is 42.5 Å². The highest BCUT2D eigenvalue weighted by Gasteiger charge is 2.26. The third-order valence-corrected chi connectivity index (χ3v) is 2.53. The summed E-state index contributed by atoms with van der Waals surface area (Å²) in [7, 11) is 0. The van der Waals surface area contributed by atoms with Gasteiger partial charge in [-0.05, 0) is 19.4 Å². The molecule has 1 aromatic carbocycles. The van der Waals surface area contributed by atoms with E-state index in [2.05, 4.69) is 5.43 Å². The summed E-state index contributed by atoms with van der Waals surface area (Å²) < 4.78 is 5.44. The van der Waals surface area contributed by atoms with Crippen LogP contribution >= 0.6 is 0 Å². The van der Waals surface area contributed by atoms with Crippen molar-refractivity contribution in [2.45, 2.75) is 13.8 Å². The molecule has 98 valence electrons. The van der Waals surface area contributed by atoms with Gasteiger partial charge in [-0.3, -0.25) is 10.2 Å². The molecule has 0 fully saturated rings. The van der Waals surface area contributed by atoms with Gasteiger partial charge < -0.3 is 4.74 Å². The quantitative estimate of drug-likeness (QED) is 0.349. The summed E-state index contributed by atoms with van der Waals surface area (Å²) in [6.07, 6.45) is 3.90. The Bertz CT molecular complexity index is 400. The van der Waals surface area contributed by atoms with Crippen LogP contribution in [0.3, 0.4) is 0 Å². The predicted octanol–water partition coefficient (Wildman–Crippen LogP) is 1.73. The van der Waals surface area contributed by atoms with E-state index in [9.17, 15) is 4.79 Å². The van der Waals surface area contributed by atoms with E-state index in [0.29, 0.717) is 13.2 Å². The molecule has 0 aliphatic rings. The molecule has 0 aliphatic carbocycles. The first-order valence-electron chi connectivity index (χ1n) is 5.86. The molecule has 1 aromatic rings. The molecule has 0 heterocycles. The average Bonchev–Trinajstić information content (AvgIpc) is 2.38. The number of rotatable bonds is 6. The number of carbonyl (C=O) groups excluding carboxylic acids is 1. The Hall–Kier alpha value is -1.65. The molecule has 0 aliphatic heterocycles. The van der Waals surface area contributed by atoms with Gasteiger partial charge in [0.1, 0.15) is 0 Å². The Morgan fingerprint density at radius 2 is 2.06 bits per heavy atom. The SMILES string of the molecule is CC(C)(COCC=Cc1ccccc1)C(=O)NN. The van der Waals surface area contributed by atoms with E-state index in [-0.39, 0.29) is 5.91 Å². The number of hydrazine groups is 1. The molecule has 18 heavy (non-hydrogen) atoms. The number of nitrogens with one attached hydrogen (secondary N) is 1. The maximum atomic E-state index is 11.4. The van der Waals surface area contributed by atoms with Gasteiger partial charge in [0.05, 0.1) is 18.6 Å². The molecule has 4 heteroatoms. The molecule has 0 saturated carbocycles. The number of benzene rings is 1. The van der Waals surface area contributed by atoms with Crippen LogP contribution in [-0.4, -0.2) is 19.1 Å². The molecular formula is C14H20N2O2. The van der Waals surface area contributed by atoms with Crippen molar-refractivity contribution >= 4 is 12.0 Å². The van der Waals surface area contributed by atoms with Gasteiger partial charge in [0.25, 0.3) is 0 Å². The zero-order valence-electron chi connectivity index (χ0n) is 10.8. The van der Waals surface area contributed by atoms with Crippen molar-refractivity contribution in [3.8, 4) is 0 Å². The summed E-state index contributed by atoms with van der Waals surface area (Å²) in [5, 5.41) is 0. The summed E-state index contributed by atoms with van der Waals surface area (Å²) in [4.78, 5) is 11.4. The first kappa shape index (κ1) is 14.4. The van der Waals surface area contributed by atoms with Gasteiger partial charge in [0.15, 0.2) is 0 Å². The lowest BCUT2D eigenvalue weighted by atomic mass is 9.94. The minimum absolute atomic E-state index is 0.227. The van der Waals surface area contributed by atoms with Crippen molar-refractivity contribution in [2.75, 3.05) is 13.2 Å². The molecule has 1 amide bonds. The number of amides is 1. The fourth-order valence-electron chi connectivity index (χ4n) is 1.39. The molecule has 1 rings (SSSR count). The molecule has 0 unspecified atom stereocenters. The Morgan fingerprint density at radius 1 is 1.39 bits per heavy atom. The van der Waals surface area contributed by atoms with Crippen molar-refractivity contribution in [1.29, 1.82) is 0 Å². The third kappa shape index (κ3) is 4.69. The zero-order valence-corrected chi connectivity index (χ0v) is 10.8. The van der Waals surface area contributed by atoms with E-state index in [1.54, 1.807) is 13.8 Å². The first-order chi connectivity index (χ1) is 8.56. The number of nitrogens with two attached hydrogens (primary N) is 1. The number of ether oxygens (including phenoxy) is 1. The van der Waals surface area contributed by atoms with Gasteiger partial charge in [-0.25, -0.2) is 5.84 Å². The molecular weight excluding hydrogens is 228 g/mol. The topological polar surface area (TPSA) is 64.3 Å². The largest absolute Gasteiger partial charge is 0.376 e. The summed E-state index contributed by atoms with van der Waals surface area (Å²) in [5.41, 5.74) is 2.64. The Balaban J connectivity index is 2.31. The van der Waals surface area contributed by atoms with E-state index in [4.69, 9.17) is 10.6 Å². The number of hydrogen-bond acceptors (Lipinski definition) is 3. The summed E-state index contributed by atoms with van der Waals surface area (Å²) in [6.45, 7) is 4.37. The highest BCUT2D eigenvalue weighted by Crippen LogP contribution is 2.15. The summed E-state index contributed by atoms with van der Waals surface area (Å²) in [5.74, 6) is 4.87. The van der Waals surface area contributed by atoms with Crippen molar-refractivity contribution in [3.05, 3.63) is 42.0 Å². The van der Waals surface area contributed by atoms with Crippen LogP contribution in [0.25, 0.3) is 6.08 Å². The second-order valence-electron chi connectivity index (χ2n) is 4.69. The van der Waals surface area contributed by atoms with Gasteiger partial charge in [-0.15, -0.1) is 0 Å². The van der Waals surface area contributed by atoms with Crippen LogP contribution in [0.4, 0.5) is 0 Å². The van der Waals surface area contributed by atoms with E-state index in [1.807, 2.05) is 42.5 Å². The first-order valence-corrected chi connectivity index (χ1v) is 5.86. The van der Waals surface area contributed by atoms with Gasteiger partial charge in [0, 0.05) is 0 Å². The fraction of sp³-hybridized carbons (Fsp3) is 0.357. The van der Waals surface area contributed by atoms with Crippen LogP contribution in [0.5, 0.6) is 0 Å². The fourth-order valence-corrected chi connectivity index (χ4v) is 1.39. The zero-order chi connectivity index (χ0) is 13.4. The lowest BCUT2D eigenvalue weighted by molar-refractivity contribution is -0.132. The summed E-state index contributed by atoms with van der Waals surface area (Å²) >= 11 is 0. The maximum absolute atomic E-state index is 11.4. The van der Waals surface area contributed by atoms with Crippen LogP contribution in [0, 0.1) is 5.41 Å². The minimum Gasteiger partial charge on any atom is -0.376 e. The van der Waals surface area contributed by atoms with E-state index < -0.39 is 5.41 Å².